The van der Waals surface area contributed by atoms with Crippen LogP contribution < -0.4 is 5.73 Å². The Labute approximate surface area is 88.6 Å². The second-order valence-corrected chi connectivity index (χ2v) is 3.15. The number of hydrogen-bond donors (Lipinski definition) is 1. The normalized spacial score (nSPS) is 10.3. The average Bonchev–Trinajstić information content (AvgIpc) is 2.14. The predicted octanol–water partition coefficient (Wildman–Crippen LogP) is 2.62. The fourth-order valence-corrected chi connectivity index (χ4v) is 1.25. The van der Waals surface area contributed by atoms with Crippen molar-refractivity contribution in [3.63, 3.8) is 0 Å². The van der Waals surface area contributed by atoms with Crippen molar-refractivity contribution in [2.24, 2.45) is 0 Å². The summed E-state index contributed by atoms with van der Waals surface area (Å²) in [5, 5.41) is -0.757. The molecule has 2 nitrogen and oxygen atoms in total. The highest BCUT2D eigenvalue weighted by atomic mass is 35.5. The van der Waals surface area contributed by atoms with Gasteiger partial charge in [0.05, 0.1) is 11.4 Å². The van der Waals surface area contributed by atoms with Gasteiger partial charge in [0.2, 0.25) is 0 Å². The van der Waals surface area contributed by atoms with Gasteiger partial charge in [0.25, 0.3) is 0 Å². The van der Waals surface area contributed by atoms with Gasteiger partial charge in [0, 0.05) is 5.69 Å². The Balaban J connectivity index is 3.44. The van der Waals surface area contributed by atoms with E-state index in [1.54, 1.807) is 0 Å². The number of nitrogens with two attached hydrogens (primary N) is 1. The van der Waals surface area contributed by atoms with E-state index in [1.807, 2.05) is 0 Å². The molecule has 1 rings (SSSR count). The summed E-state index contributed by atoms with van der Waals surface area (Å²) in [7, 11) is 0. The van der Waals surface area contributed by atoms with Gasteiger partial charge in [0.15, 0.2) is 11.6 Å². The van der Waals surface area contributed by atoms with Crippen LogP contribution in [0.25, 0.3) is 0 Å². The third-order valence-corrected chi connectivity index (χ3v) is 2.18. The number of carbonyl (C=O) groups is 1. The second kappa shape index (κ2) is 4.11. The fraction of sp³-hybridized carbons (Fsp3) is 0.125. The van der Waals surface area contributed by atoms with Crippen LogP contribution in [0.15, 0.2) is 6.07 Å². The third-order valence-electron chi connectivity index (χ3n) is 1.59. The molecule has 0 aliphatic carbocycles. The van der Waals surface area contributed by atoms with E-state index >= 15 is 0 Å². The van der Waals surface area contributed by atoms with Crippen molar-refractivity contribution in [3.05, 3.63) is 28.3 Å². The van der Waals surface area contributed by atoms with Gasteiger partial charge in [-0.15, -0.1) is 11.6 Å². The molecule has 0 aliphatic heterocycles. The Morgan fingerprint density at radius 1 is 1.50 bits per heavy atom. The summed E-state index contributed by atoms with van der Waals surface area (Å²) in [4.78, 5) is 11.1. The molecule has 0 unspecified atom stereocenters. The molecule has 0 aromatic heterocycles. The van der Waals surface area contributed by atoms with Crippen molar-refractivity contribution in [2.45, 2.75) is 0 Å². The number of benzene rings is 1. The molecule has 14 heavy (non-hydrogen) atoms. The number of nitrogen functional groups attached to an aromatic ring is 1. The number of halogens is 4. The van der Waals surface area contributed by atoms with Crippen LogP contribution in [0.5, 0.6) is 0 Å². The van der Waals surface area contributed by atoms with Crippen LogP contribution in [0.1, 0.15) is 10.4 Å². The molecule has 0 radical (unpaired) electrons. The molecule has 0 amide bonds. The zero-order chi connectivity index (χ0) is 10.9. The van der Waals surface area contributed by atoms with Gasteiger partial charge in [-0.2, -0.15) is 0 Å². The van der Waals surface area contributed by atoms with E-state index in [9.17, 15) is 13.6 Å². The maximum Gasteiger partial charge on any atom is 0.182 e. The van der Waals surface area contributed by atoms with Gasteiger partial charge >= 0.3 is 0 Å². The Kier molecular flexibility index (Phi) is 3.29. The average molecular weight is 240 g/mol. The number of carbonyl (C=O) groups excluding carboxylic acids is 1. The first kappa shape index (κ1) is 11.2. The molecule has 76 valence electrons. The molecule has 1 aromatic carbocycles. The van der Waals surface area contributed by atoms with E-state index < -0.39 is 33.9 Å². The van der Waals surface area contributed by atoms with E-state index in [2.05, 4.69) is 0 Å². The summed E-state index contributed by atoms with van der Waals surface area (Å²) in [6.45, 7) is 0. The molecule has 6 heteroatoms. The molecular formula is C8H5Cl2F2NO. The number of alkyl halides is 1. The lowest BCUT2D eigenvalue weighted by molar-refractivity contribution is 0.101. The summed E-state index contributed by atoms with van der Waals surface area (Å²) in [5.74, 6) is -3.35. The number of Topliss-reactive ketones (excluding diaryl/α,β-unsaturated/α-hetero) is 1. The first-order valence-electron chi connectivity index (χ1n) is 3.51. The molecule has 0 aliphatic rings. The van der Waals surface area contributed by atoms with Gasteiger partial charge in [0.1, 0.15) is 10.8 Å². The monoisotopic (exact) mass is 239 g/mol. The molecule has 2 N–H and O–H groups in total. The maximum absolute atomic E-state index is 13.2. The minimum absolute atomic E-state index is 0.310. The molecule has 0 fully saturated rings. The van der Waals surface area contributed by atoms with E-state index in [-0.39, 0.29) is 5.69 Å². The number of hydrogen-bond acceptors (Lipinski definition) is 2. The topological polar surface area (TPSA) is 43.1 Å². The minimum Gasteiger partial charge on any atom is -0.398 e. The lowest BCUT2D eigenvalue weighted by Crippen LogP contribution is -2.09. The van der Waals surface area contributed by atoms with Crippen molar-refractivity contribution < 1.29 is 13.6 Å². The molecule has 0 heterocycles. The SMILES string of the molecule is Nc1cc(F)c(Cl)c(F)c1C(=O)CCl. The minimum atomic E-state index is -1.17. The Bertz CT molecular complexity index is 395. The van der Waals surface area contributed by atoms with Crippen LogP contribution >= 0.6 is 23.2 Å². The Hall–Kier alpha value is -0.870. The van der Waals surface area contributed by atoms with Crippen molar-refractivity contribution in [3.8, 4) is 0 Å². The predicted molar refractivity (Wildman–Crippen MR) is 50.8 cm³/mol. The molecule has 0 atom stereocenters. The lowest BCUT2D eigenvalue weighted by Gasteiger charge is -2.06. The second-order valence-electron chi connectivity index (χ2n) is 2.51. The van der Waals surface area contributed by atoms with Crippen molar-refractivity contribution in [1.29, 1.82) is 0 Å². The van der Waals surface area contributed by atoms with E-state index in [1.165, 1.54) is 0 Å². The van der Waals surface area contributed by atoms with Crippen LogP contribution in [-0.4, -0.2) is 11.7 Å². The van der Waals surface area contributed by atoms with Crippen molar-refractivity contribution in [1.82, 2.24) is 0 Å². The highest BCUT2D eigenvalue weighted by Crippen LogP contribution is 2.27. The Morgan fingerprint density at radius 2 is 2.07 bits per heavy atom. The summed E-state index contributed by atoms with van der Waals surface area (Å²) in [5.41, 5.74) is 4.47. The summed E-state index contributed by atoms with van der Waals surface area (Å²) >= 11 is 10.5. The first-order valence-corrected chi connectivity index (χ1v) is 4.42. The zero-order valence-electron chi connectivity index (χ0n) is 6.78. The molecule has 0 saturated heterocycles. The van der Waals surface area contributed by atoms with E-state index in [4.69, 9.17) is 28.9 Å². The number of ketones is 1. The van der Waals surface area contributed by atoms with Crippen LogP contribution in [0.3, 0.4) is 0 Å². The van der Waals surface area contributed by atoms with Gasteiger partial charge in [-0.05, 0) is 6.07 Å². The van der Waals surface area contributed by atoms with Gasteiger partial charge in [-0.25, -0.2) is 8.78 Å². The Morgan fingerprint density at radius 3 is 2.57 bits per heavy atom. The van der Waals surface area contributed by atoms with Gasteiger partial charge in [-0.1, -0.05) is 11.6 Å². The summed E-state index contributed by atoms with van der Waals surface area (Å²) in [6, 6.07) is 0.783. The van der Waals surface area contributed by atoms with Crippen molar-refractivity contribution in [2.75, 3.05) is 11.6 Å². The van der Waals surface area contributed by atoms with E-state index in [0.717, 1.165) is 6.07 Å². The van der Waals surface area contributed by atoms with E-state index in [0.29, 0.717) is 0 Å². The molecule has 0 bridgehead atoms. The zero-order valence-corrected chi connectivity index (χ0v) is 8.29. The smallest absolute Gasteiger partial charge is 0.182 e. The van der Waals surface area contributed by atoms with Crippen LogP contribution in [0.2, 0.25) is 5.02 Å². The van der Waals surface area contributed by atoms with Crippen molar-refractivity contribution >= 4 is 34.7 Å². The number of anilines is 1. The molecule has 0 saturated carbocycles. The van der Waals surface area contributed by atoms with Gasteiger partial charge in [-0.3, -0.25) is 4.79 Å². The largest absolute Gasteiger partial charge is 0.398 e. The highest BCUT2D eigenvalue weighted by molar-refractivity contribution is 6.33. The number of rotatable bonds is 2. The standard InChI is InChI=1S/C8H5Cl2F2NO/c9-2-5(14)6-4(13)1-3(11)7(10)8(6)12/h1H,2,13H2. The summed E-state index contributed by atoms with van der Waals surface area (Å²) < 4.78 is 26.0. The lowest BCUT2D eigenvalue weighted by atomic mass is 10.1. The summed E-state index contributed by atoms with van der Waals surface area (Å²) in [6.07, 6.45) is 0. The van der Waals surface area contributed by atoms with Crippen LogP contribution in [-0.2, 0) is 0 Å². The van der Waals surface area contributed by atoms with Crippen LogP contribution in [0, 0.1) is 11.6 Å². The molecule has 0 spiro atoms. The fourth-order valence-electron chi connectivity index (χ4n) is 0.964. The molecular weight excluding hydrogens is 235 g/mol. The quantitative estimate of drug-likeness (QED) is 0.373. The molecule has 1 aromatic rings. The van der Waals surface area contributed by atoms with Crippen LogP contribution in [0.4, 0.5) is 14.5 Å². The first-order chi connectivity index (χ1) is 6.49. The van der Waals surface area contributed by atoms with Gasteiger partial charge < -0.3 is 5.73 Å². The highest BCUT2D eigenvalue weighted by Gasteiger charge is 2.20. The maximum atomic E-state index is 13.2. The third kappa shape index (κ3) is 1.81.